The van der Waals surface area contributed by atoms with Gasteiger partial charge in [-0.15, -0.1) is 0 Å². The lowest BCUT2D eigenvalue weighted by Crippen LogP contribution is -2.10. The molecule has 0 fully saturated rings. The van der Waals surface area contributed by atoms with Crippen LogP contribution in [0.2, 0.25) is 0 Å². The number of hydrogen-bond acceptors (Lipinski definition) is 2. The largest absolute Gasteiger partial charge is 0.459 e. The fraction of sp³-hybridized carbons (Fsp3) is 0.0667. The summed E-state index contributed by atoms with van der Waals surface area (Å²) in [5.74, 6) is 0.366. The van der Waals surface area contributed by atoms with Crippen LogP contribution in [0.15, 0.2) is 59.0 Å². The number of rotatable bonds is 2. The predicted octanol–water partition coefficient (Wildman–Crippen LogP) is 3.62. The Balaban J connectivity index is 2.04. The Hall–Kier alpha value is -2.13. The minimum absolute atomic E-state index is 0.275. The first-order chi connectivity index (χ1) is 8.74. The van der Waals surface area contributed by atoms with Gasteiger partial charge in [0.15, 0.2) is 0 Å². The quantitative estimate of drug-likeness (QED) is 0.744. The fourth-order valence-corrected chi connectivity index (χ4v) is 2.01. The van der Waals surface area contributed by atoms with Gasteiger partial charge < -0.3 is 10.2 Å². The van der Waals surface area contributed by atoms with E-state index in [-0.39, 0.29) is 11.9 Å². The number of hydrogen-bond donors (Lipinski definition) is 1. The second kappa shape index (κ2) is 4.27. The van der Waals surface area contributed by atoms with Crippen LogP contribution in [-0.2, 0) is 0 Å². The van der Waals surface area contributed by atoms with Crippen molar-refractivity contribution < 1.29 is 8.81 Å². The Morgan fingerprint density at radius 3 is 2.56 bits per heavy atom. The van der Waals surface area contributed by atoms with Crippen LogP contribution in [-0.4, -0.2) is 0 Å². The highest BCUT2D eigenvalue weighted by molar-refractivity contribution is 5.78. The first kappa shape index (κ1) is 11.0. The van der Waals surface area contributed by atoms with Gasteiger partial charge >= 0.3 is 0 Å². The summed E-state index contributed by atoms with van der Waals surface area (Å²) in [4.78, 5) is 0. The number of halogens is 1. The smallest absolute Gasteiger partial charge is 0.134 e. The molecule has 3 rings (SSSR count). The zero-order valence-electron chi connectivity index (χ0n) is 9.64. The van der Waals surface area contributed by atoms with E-state index in [2.05, 4.69) is 0 Å². The van der Waals surface area contributed by atoms with Crippen LogP contribution in [0.5, 0.6) is 0 Å². The van der Waals surface area contributed by atoms with Crippen molar-refractivity contribution in [3.05, 3.63) is 71.7 Å². The number of fused-ring (bicyclic) bond motifs is 1. The van der Waals surface area contributed by atoms with Gasteiger partial charge in [-0.3, -0.25) is 0 Å². The summed E-state index contributed by atoms with van der Waals surface area (Å²) < 4.78 is 18.7. The van der Waals surface area contributed by atoms with Crippen molar-refractivity contribution in [2.45, 2.75) is 6.04 Å². The zero-order chi connectivity index (χ0) is 12.5. The summed E-state index contributed by atoms with van der Waals surface area (Å²) in [5, 5.41) is 0.733. The summed E-state index contributed by atoms with van der Waals surface area (Å²) >= 11 is 0. The average Bonchev–Trinajstić information content (AvgIpc) is 2.81. The van der Waals surface area contributed by atoms with Crippen molar-refractivity contribution in [2.24, 2.45) is 5.73 Å². The van der Waals surface area contributed by atoms with Gasteiger partial charge in [-0.1, -0.05) is 30.3 Å². The molecule has 3 heteroatoms. The second-order valence-electron chi connectivity index (χ2n) is 4.22. The topological polar surface area (TPSA) is 39.2 Å². The van der Waals surface area contributed by atoms with E-state index in [1.54, 1.807) is 12.1 Å². The van der Waals surface area contributed by atoms with Crippen LogP contribution in [0, 0.1) is 5.82 Å². The van der Waals surface area contributed by atoms with Gasteiger partial charge in [0.25, 0.3) is 0 Å². The van der Waals surface area contributed by atoms with Gasteiger partial charge in [-0.2, -0.15) is 0 Å². The third-order valence-electron chi connectivity index (χ3n) is 2.96. The minimum Gasteiger partial charge on any atom is -0.459 e. The van der Waals surface area contributed by atoms with Gasteiger partial charge in [0.05, 0.1) is 6.04 Å². The van der Waals surface area contributed by atoms with Crippen LogP contribution in [0.25, 0.3) is 11.0 Å². The Morgan fingerprint density at radius 2 is 1.78 bits per heavy atom. The second-order valence-corrected chi connectivity index (χ2v) is 4.22. The molecular formula is C15H12FNO. The molecule has 2 N–H and O–H groups in total. The van der Waals surface area contributed by atoms with E-state index in [4.69, 9.17) is 10.2 Å². The molecule has 0 radical (unpaired) electrons. The molecule has 18 heavy (non-hydrogen) atoms. The van der Waals surface area contributed by atoms with Crippen LogP contribution >= 0.6 is 0 Å². The summed E-state index contributed by atoms with van der Waals surface area (Å²) in [6, 6.07) is 15.6. The van der Waals surface area contributed by atoms with E-state index in [1.807, 2.05) is 30.3 Å². The lowest BCUT2D eigenvalue weighted by atomic mass is 10.1. The maximum Gasteiger partial charge on any atom is 0.134 e. The normalized spacial score (nSPS) is 12.8. The van der Waals surface area contributed by atoms with E-state index >= 15 is 0 Å². The molecule has 1 unspecified atom stereocenters. The number of nitrogens with two attached hydrogens (primary N) is 1. The highest BCUT2D eigenvalue weighted by Gasteiger charge is 2.14. The standard InChI is InChI=1S/C15H12FNO/c16-12-6-7-13-11(8-12)9-14(18-13)15(17)10-4-2-1-3-5-10/h1-9,15H,17H2. The molecule has 0 aliphatic heterocycles. The van der Waals surface area contributed by atoms with E-state index in [0.717, 1.165) is 10.9 Å². The van der Waals surface area contributed by atoms with E-state index in [0.29, 0.717) is 11.3 Å². The number of benzene rings is 2. The highest BCUT2D eigenvalue weighted by Crippen LogP contribution is 2.27. The van der Waals surface area contributed by atoms with Gasteiger partial charge in [0.2, 0.25) is 0 Å². The molecule has 1 atom stereocenters. The molecule has 0 aliphatic carbocycles. The monoisotopic (exact) mass is 241 g/mol. The first-order valence-corrected chi connectivity index (χ1v) is 5.73. The molecule has 0 saturated carbocycles. The molecule has 0 aliphatic rings. The zero-order valence-corrected chi connectivity index (χ0v) is 9.64. The lowest BCUT2D eigenvalue weighted by Gasteiger charge is -2.07. The molecule has 1 aromatic heterocycles. The molecule has 0 bridgehead atoms. The third-order valence-corrected chi connectivity index (χ3v) is 2.96. The maximum atomic E-state index is 13.1. The third kappa shape index (κ3) is 1.89. The van der Waals surface area contributed by atoms with E-state index in [9.17, 15) is 4.39 Å². The maximum absolute atomic E-state index is 13.1. The van der Waals surface area contributed by atoms with Gasteiger partial charge in [-0.25, -0.2) is 4.39 Å². The van der Waals surface area contributed by atoms with Crippen molar-refractivity contribution in [1.82, 2.24) is 0 Å². The van der Waals surface area contributed by atoms with Crippen LogP contribution in [0.3, 0.4) is 0 Å². The van der Waals surface area contributed by atoms with Gasteiger partial charge in [0, 0.05) is 5.39 Å². The Kier molecular flexibility index (Phi) is 2.61. The van der Waals surface area contributed by atoms with Crippen LogP contribution in [0.4, 0.5) is 4.39 Å². The van der Waals surface area contributed by atoms with E-state index in [1.165, 1.54) is 12.1 Å². The molecule has 0 amide bonds. The highest BCUT2D eigenvalue weighted by atomic mass is 19.1. The van der Waals surface area contributed by atoms with Crippen molar-refractivity contribution in [2.75, 3.05) is 0 Å². The molecule has 3 aromatic rings. The average molecular weight is 241 g/mol. The van der Waals surface area contributed by atoms with Gasteiger partial charge in [-0.05, 0) is 29.8 Å². The molecule has 2 aromatic carbocycles. The minimum atomic E-state index is -0.332. The Morgan fingerprint density at radius 1 is 1.00 bits per heavy atom. The molecule has 1 heterocycles. The molecule has 90 valence electrons. The summed E-state index contributed by atoms with van der Waals surface area (Å²) in [6.45, 7) is 0. The molecular weight excluding hydrogens is 229 g/mol. The SMILES string of the molecule is NC(c1ccccc1)c1cc2cc(F)ccc2o1. The van der Waals surface area contributed by atoms with Crippen molar-refractivity contribution in [3.63, 3.8) is 0 Å². The summed E-state index contributed by atoms with van der Waals surface area (Å²) in [5.41, 5.74) is 7.75. The Labute approximate surface area is 104 Å². The summed E-state index contributed by atoms with van der Waals surface area (Å²) in [6.07, 6.45) is 0. The molecule has 0 saturated heterocycles. The lowest BCUT2D eigenvalue weighted by molar-refractivity contribution is 0.524. The number of furan rings is 1. The van der Waals surface area contributed by atoms with Crippen molar-refractivity contribution in [1.29, 1.82) is 0 Å². The van der Waals surface area contributed by atoms with Crippen LogP contribution in [0.1, 0.15) is 17.4 Å². The van der Waals surface area contributed by atoms with Crippen molar-refractivity contribution in [3.8, 4) is 0 Å². The van der Waals surface area contributed by atoms with Crippen LogP contribution < -0.4 is 5.73 Å². The van der Waals surface area contributed by atoms with Crippen molar-refractivity contribution >= 4 is 11.0 Å². The molecule has 2 nitrogen and oxygen atoms in total. The van der Waals surface area contributed by atoms with E-state index < -0.39 is 0 Å². The Bertz CT molecular complexity index is 675. The predicted molar refractivity (Wildman–Crippen MR) is 68.6 cm³/mol. The first-order valence-electron chi connectivity index (χ1n) is 5.73. The fourth-order valence-electron chi connectivity index (χ4n) is 2.01. The molecule has 0 spiro atoms. The van der Waals surface area contributed by atoms with Gasteiger partial charge in [0.1, 0.15) is 17.2 Å². The summed E-state index contributed by atoms with van der Waals surface area (Å²) in [7, 11) is 0.